The summed E-state index contributed by atoms with van der Waals surface area (Å²) >= 11 is 0. The number of benzene rings is 1. The lowest BCUT2D eigenvalue weighted by molar-refractivity contribution is -0.258. The second-order valence-corrected chi connectivity index (χ2v) is 20.8. The number of carbonyl (C=O) groups excluding carboxylic acids is 5. The Morgan fingerprint density at radius 2 is 1.22 bits per heavy atom. The number of hydrogen-bond acceptors (Lipinski definition) is 19. The Bertz CT molecular complexity index is 2310. The minimum Gasteiger partial charge on any atom is -0.481 e. The van der Waals surface area contributed by atoms with Crippen LogP contribution in [0.15, 0.2) is 109 Å². The molecule has 2 aliphatic heterocycles. The van der Waals surface area contributed by atoms with Crippen LogP contribution in [0.2, 0.25) is 0 Å². The van der Waals surface area contributed by atoms with E-state index in [-0.39, 0.29) is 68.5 Å². The number of carboxylic acid groups (broad SMARTS) is 1. The molecule has 0 amide bonds. The number of allylic oxidation sites excluding steroid dienone is 12. The molecule has 79 heavy (non-hydrogen) atoms. The van der Waals surface area contributed by atoms with Gasteiger partial charge in [-0.3, -0.25) is 28.8 Å². The molecule has 20 nitrogen and oxygen atoms in total. The number of anilines is 1. The van der Waals surface area contributed by atoms with Crippen LogP contribution < -0.4 is 5.73 Å². The van der Waals surface area contributed by atoms with Gasteiger partial charge in [0.25, 0.3) is 0 Å². The second kappa shape index (κ2) is 35.2. The number of hydrogen-bond donors (Lipinski definition) is 11. The van der Waals surface area contributed by atoms with Crippen molar-refractivity contribution < 1.29 is 94.0 Å². The zero-order valence-electron chi connectivity index (χ0n) is 45.4. The molecule has 1 aromatic rings. The van der Waals surface area contributed by atoms with Crippen LogP contribution in [0.5, 0.6) is 0 Å². The SMILES string of the molecule is C[C@H](C[C@H](C)[C@@H]1OC(=O)C[C@@H](O)CCCC(=O)C[C@@H](O)C[C@@H](O)C[C@@H](O)CC(=O)C[C@H](O)[C@H](C(=O)O)[C@@H](O)C[C@H](O[C@@H]2O[C@@H](C)[C@@H](O)C(=O)[C@H]2O)/C=C/C=C/C=C/C=C/C=C/C=C/C=C/[C@@H]1C)[C@H](O)CC(=O)c1ccc(N)cc1. The third kappa shape index (κ3) is 25.2. The summed E-state index contributed by atoms with van der Waals surface area (Å²) in [6, 6.07) is 6.42. The highest BCUT2D eigenvalue weighted by atomic mass is 16.7. The number of rotatable bonds is 10. The highest BCUT2D eigenvalue weighted by Gasteiger charge is 2.44. The van der Waals surface area contributed by atoms with Crippen molar-refractivity contribution in [2.24, 2.45) is 23.7 Å². The maximum atomic E-state index is 13.3. The molecular weight excluding hydrogens is 1030 g/mol. The maximum absolute atomic E-state index is 13.3. The summed E-state index contributed by atoms with van der Waals surface area (Å²) in [4.78, 5) is 76.8. The van der Waals surface area contributed by atoms with Crippen molar-refractivity contribution in [3.63, 3.8) is 0 Å². The highest BCUT2D eigenvalue weighted by Crippen LogP contribution is 2.29. The summed E-state index contributed by atoms with van der Waals surface area (Å²) in [5.74, 6) is -7.83. The van der Waals surface area contributed by atoms with Gasteiger partial charge >= 0.3 is 11.9 Å². The Morgan fingerprint density at radius 3 is 1.78 bits per heavy atom. The summed E-state index contributed by atoms with van der Waals surface area (Å²) in [5, 5.41) is 106. The molecule has 20 heteroatoms. The van der Waals surface area contributed by atoms with Gasteiger partial charge in [0, 0.05) is 55.7 Å². The van der Waals surface area contributed by atoms with Gasteiger partial charge in [0.2, 0.25) is 0 Å². The lowest BCUT2D eigenvalue weighted by atomic mass is 9.83. The van der Waals surface area contributed by atoms with Crippen molar-refractivity contribution in [1.82, 2.24) is 0 Å². The fraction of sp³-hybridized carbons (Fsp3) is 0.559. The molecule has 17 atom stereocenters. The van der Waals surface area contributed by atoms with E-state index in [0.29, 0.717) is 17.7 Å². The summed E-state index contributed by atoms with van der Waals surface area (Å²) in [5.41, 5.74) is 6.68. The van der Waals surface area contributed by atoms with E-state index in [1.54, 1.807) is 91.1 Å². The zero-order valence-corrected chi connectivity index (χ0v) is 45.4. The quantitative estimate of drug-likeness (QED) is 0.0905. The van der Waals surface area contributed by atoms with Crippen LogP contribution in [0.25, 0.3) is 0 Å². The highest BCUT2D eigenvalue weighted by molar-refractivity contribution is 5.96. The van der Waals surface area contributed by atoms with E-state index in [9.17, 15) is 79.8 Å². The van der Waals surface area contributed by atoms with Crippen molar-refractivity contribution in [3.05, 3.63) is 115 Å². The Balaban J connectivity index is 1.83. The maximum Gasteiger partial charge on any atom is 0.311 e. The van der Waals surface area contributed by atoms with E-state index >= 15 is 0 Å². The average molecular weight is 1110 g/mol. The molecule has 0 aromatic heterocycles. The molecule has 1 saturated heterocycles. The first kappa shape index (κ1) is 67.7. The Kier molecular flexibility index (Phi) is 30.1. The number of carbonyl (C=O) groups is 6. The van der Waals surface area contributed by atoms with Gasteiger partial charge in [0.1, 0.15) is 29.7 Å². The molecule has 2 aliphatic rings. The van der Waals surface area contributed by atoms with E-state index in [1.165, 1.54) is 19.1 Å². The summed E-state index contributed by atoms with van der Waals surface area (Å²) in [6.07, 6.45) is 1.88. The van der Waals surface area contributed by atoms with Crippen molar-refractivity contribution in [1.29, 1.82) is 0 Å². The van der Waals surface area contributed by atoms with Gasteiger partial charge < -0.3 is 71.0 Å². The molecule has 0 unspecified atom stereocenters. The number of esters is 1. The first-order chi connectivity index (χ1) is 37.4. The third-order valence-electron chi connectivity index (χ3n) is 13.7. The summed E-state index contributed by atoms with van der Waals surface area (Å²) in [7, 11) is 0. The second-order valence-electron chi connectivity index (χ2n) is 20.8. The van der Waals surface area contributed by atoms with Crippen molar-refractivity contribution in [2.75, 3.05) is 5.73 Å². The number of aliphatic carboxylic acids is 1. The lowest BCUT2D eigenvalue weighted by Gasteiger charge is -2.36. The Hall–Kier alpha value is -5.62. The molecule has 3 rings (SSSR count). The first-order valence-electron chi connectivity index (χ1n) is 26.9. The average Bonchev–Trinajstić information content (AvgIpc) is 3.36. The number of aliphatic hydroxyl groups is 9. The number of nitrogen functional groups attached to an aromatic ring is 1. The monoisotopic (exact) mass is 1110 g/mol. The largest absolute Gasteiger partial charge is 0.481 e. The number of carboxylic acids is 1. The normalized spacial score (nSPS) is 34.7. The summed E-state index contributed by atoms with van der Waals surface area (Å²) in [6.45, 7) is 6.92. The van der Waals surface area contributed by atoms with Crippen LogP contribution in [0.3, 0.4) is 0 Å². The van der Waals surface area contributed by atoms with E-state index in [0.717, 1.165) is 0 Å². The number of nitrogens with two attached hydrogens (primary N) is 1. The molecule has 438 valence electrons. The number of cyclic esters (lactones) is 1. The third-order valence-corrected chi connectivity index (χ3v) is 13.7. The van der Waals surface area contributed by atoms with Crippen LogP contribution in [0.1, 0.15) is 115 Å². The van der Waals surface area contributed by atoms with Gasteiger partial charge in [-0.2, -0.15) is 0 Å². The van der Waals surface area contributed by atoms with Crippen molar-refractivity contribution in [2.45, 2.75) is 184 Å². The van der Waals surface area contributed by atoms with E-state index < -0.39 is 140 Å². The van der Waals surface area contributed by atoms with E-state index in [1.807, 2.05) is 26.8 Å². The fourth-order valence-electron chi connectivity index (χ4n) is 9.30. The minimum absolute atomic E-state index is 0.0462. The predicted octanol–water partition coefficient (Wildman–Crippen LogP) is 3.65. The molecule has 0 saturated carbocycles. The lowest BCUT2D eigenvalue weighted by Crippen LogP contribution is -2.55. The summed E-state index contributed by atoms with van der Waals surface area (Å²) < 4.78 is 17.3. The van der Waals surface area contributed by atoms with Crippen LogP contribution in [0.4, 0.5) is 5.69 Å². The van der Waals surface area contributed by atoms with Crippen molar-refractivity contribution >= 4 is 40.8 Å². The molecule has 0 aliphatic carbocycles. The van der Waals surface area contributed by atoms with Gasteiger partial charge in [0.15, 0.2) is 24.0 Å². The Morgan fingerprint density at radius 1 is 0.671 bits per heavy atom. The number of aliphatic hydroxyl groups excluding tert-OH is 9. The number of ether oxygens (including phenoxy) is 3. The van der Waals surface area contributed by atoms with Gasteiger partial charge in [-0.15, -0.1) is 0 Å². The molecule has 0 spiro atoms. The molecule has 2 heterocycles. The smallest absolute Gasteiger partial charge is 0.311 e. The van der Waals surface area contributed by atoms with Gasteiger partial charge in [-0.1, -0.05) is 106 Å². The van der Waals surface area contributed by atoms with Gasteiger partial charge in [-0.05, 0) is 75.1 Å². The van der Waals surface area contributed by atoms with Crippen LogP contribution in [-0.2, 0) is 38.2 Å². The van der Waals surface area contributed by atoms with E-state index in [2.05, 4.69) is 0 Å². The molecule has 1 aromatic carbocycles. The molecule has 12 N–H and O–H groups in total. The number of Topliss-reactive ketones (excluding diaryl/α,β-unsaturated/α-hetero) is 4. The fourth-order valence-corrected chi connectivity index (χ4v) is 9.30. The van der Waals surface area contributed by atoms with E-state index in [4.69, 9.17) is 19.9 Å². The van der Waals surface area contributed by atoms with Gasteiger partial charge in [-0.25, -0.2) is 0 Å². The van der Waals surface area contributed by atoms with Crippen molar-refractivity contribution in [3.8, 4) is 0 Å². The molecule has 0 bridgehead atoms. The van der Waals surface area contributed by atoms with Crippen LogP contribution in [-0.4, -0.2) is 166 Å². The zero-order chi connectivity index (χ0) is 58.8. The first-order valence-corrected chi connectivity index (χ1v) is 26.9. The molecule has 0 radical (unpaired) electrons. The van der Waals surface area contributed by atoms with Gasteiger partial charge in [0.05, 0.1) is 61.4 Å². The molecule has 1 fully saturated rings. The topological polar surface area (TPSA) is 358 Å². The Labute approximate surface area is 462 Å². The van der Waals surface area contributed by atoms with Crippen LogP contribution >= 0.6 is 0 Å². The number of ketones is 4. The standard InChI is InChI=1S/C59H83NO19/c1-35-18-15-13-11-9-7-5-6-8-10-12-14-16-21-47(78-59-56(74)55(73)54(72)38(4)77-59)33-51(70)53(58(75)76)50(69)31-46(66)30-45(65)29-44(64)28-43(63)27-41(61)19-17-20-42(62)32-52(71)79-57(35)37(3)26-36(2)48(67)34-49(68)39-22-24-40(60)25-23-39/h5-16,18,21-25,35-38,42-45,47-48,50-51,53-54,56-57,59,62-65,67,69-70,72,74H,17,19-20,26-34,60H2,1-4H3,(H,75,76)/b6-5+,9-7+,10-8+,13-11+,14-12+,18-15+,21-16+/t35-,36+,37-,38-,42-,43+,44+,45+,47+,48+,50-,51-,53-,54+,56+,57+,59-/m0/s1. The minimum atomic E-state index is -1.98. The molecular formula is C59H83NO19. The predicted molar refractivity (Wildman–Crippen MR) is 291 cm³/mol. The van der Waals surface area contributed by atoms with Crippen LogP contribution in [0, 0.1) is 23.7 Å².